The minimum absolute atomic E-state index is 0.0274. The lowest BCUT2D eigenvalue weighted by molar-refractivity contribution is -0.120. The number of carbonyl (C=O) groups is 1. The summed E-state index contributed by atoms with van der Waals surface area (Å²) in [6, 6.07) is 7.71. The number of carbonyl (C=O) groups excluding carboxylic acids is 1. The van der Waals surface area contributed by atoms with Gasteiger partial charge in [0.15, 0.2) is 0 Å². The van der Waals surface area contributed by atoms with E-state index in [-0.39, 0.29) is 5.91 Å². The van der Waals surface area contributed by atoms with Crippen molar-refractivity contribution in [3.8, 4) is 0 Å². The zero-order chi connectivity index (χ0) is 13.9. The Morgan fingerprint density at radius 3 is 3.05 bits per heavy atom. The number of amides is 1. The third-order valence-electron chi connectivity index (χ3n) is 3.16. The quantitative estimate of drug-likeness (QED) is 0.788. The highest BCUT2D eigenvalue weighted by atomic mass is 16.3. The molecule has 0 spiro atoms. The molecule has 0 aliphatic heterocycles. The second-order valence-electron chi connectivity index (χ2n) is 4.73. The fourth-order valence-electron chi connectivity index (χ4n) is 2.17. The van der Waals surface area contributed by atoms with E-state index < -0.39 is 0 Å². The van der Waals surface area contributed by atoms with Gasteiger partial charge in [0.2, 0.25) is 5.91 Å². The number of nitrogens with one attached hydrogen (secondary N) is 1. The highest BCUT2D eigenvalue weighted by molar-refractivity contribution is 5.87. The Kier molecular flexibility index (Phi) is 3.25. The van der Waals surface area contributed by atoms with Gasteiger partial charge in [0.05, 0.1) is 18.9 Å². The molecule has 1 amide bonds. The van der Waals surface area contributed by atoms with E-state index in [1.165, 1.54) is 0 Å². The van der Waals surface area contributed by atoms with Gasteiger partial charge in [0, 0.05) is 36.3 Å². The summed E-state index contributed by atoms with van der Waals surface area (Å²) in [6.07, 6.45) is 5.59. The summed E-state index contributed by atoms with van der Waals surface area (Å²) in [7, 11) is 1.85. The summed E-state index contributed by atoms with van der Waals surface area (Å²) in [5.41, 5.74) is 2.70. The summed E-state index contributed by atoms with van der Waals surface area (Å²) in [5.74, 6) is -0.0274. The maximum Gasteiger partial charge on any atom is 0.224 e. The van der Waals surface area contributed by atoms with E-state index in [1.807, 2.05) is 37.5 Å². The van der Waals surface area contributed by atoms with Gasteiger partial charge in [-0.25, -0.2) is 0 Å². The van der Waals surface area contributed by atoms with Crippen molar-refractivity contribution in [2.75, 3.05) is 0 Å². The molecule has 1 aromatic carbocycles. The number of hydrogen-bond donors (Lipinski definition) is 1. The van der Waals surface area contributed by atoms with Crippen LogP contribution in [0.2, 0.25) is 0 Å². The summed E-state index contributed by atoms with van der Waals surface area (Å²) in [5, 5.41) is 7.93. The lowest BCUT2D eigenvalue weighted by Gasteiger charge is -2.02. The molecule has 20 heavy (non-hydrogen) atoms. The first kappa shape index (κ1) is 12.5. The van der Waals surface area contributed by atoms with Gasteiger partial charge in [0.25, 0.3) is 0 Å². The summed E-state index contributed by atoms with van der Waals surface area (Å²) in [4.78, 5) is 12.0. The van der Waals surface area contributed by atoms with Crippen LogP contribution in [0.25, 0.3) is 11.0 Å². The lowest BCUT2D eigenvalue weighted by Crippen LogP contribution is -2.24. The highest BCUT2D eigenvalue weighted by Gasteiger charge is 2.10. The van der Waals surface area contributed by atoms with Gasteiger partial charge in [-0.1, -0.05) is 18.2 Å². The number of nitrogens with zero attached hydrogens (tertiary/aromatic N) is 2. The molecule has 0 radical (unpaired) electrons. The maximum absolute atomic E-state index is 12.0. The Balaban J connectivity index is 1.64. The maximum atomic E-state index is 12.0. The van der Waals surface area contributed by atoms with Gasteiger partial charge < -0.3 is 9.73 Å². The molecule has 0 saturated carbocycles. The van der Waals surface area contributed by atoms with Gasteiger partial charge in [-0.05, 0) is 6.07 Å². The van der Waals surface area contributed by atoms with Crippen molar-refractivity contribution in [2.45, 2.75) is 13.0 Å². The van der Waals surface area contributed by atoms with E-state index >= 15 is 0 Å². The van der Waals surface area contributed by atoms with Crippen LogP contribution in [0.4, 0.5) is 0 Å². The van der Waals surface area contributed by atoms with Crippen molar-refractivity contribution < 1.29 is 9.21 Å². The molecule has 0 aliphatic rings. The van der Waals surface area contributed by atoms with E-state index in [0.29, 0.717) is 13.0 Å². The Morgan fingerprint density at radius 1 is 1.40 bits per heavy atom. The number of aromatic nitrogens is 2. The van der Waals surface area contributed by atoms with Crippen LogP contribution >= 0.6 is 0 Å². The van der Waals surface area contributed by atoms with Gasteiger partial charge >= 0.3 is 0 Å². The van der Waals surface area contributed by atoms with Gasteiger partial charge in [-0.2, -0.15) is 5.10 Å². The molecule has 0 saturated heterocycles. The summed E-state index contributed by atoms with van der Waals surface area (Å²) >= 11 is 0. The highest BCUT2D eigenvalue weighted by Crippen LogP contribution is 2.20. The predicted molar refractivity (Wildman–Crippen MR) is 75.0 cm³/mol. The monoisotopic (exact) mass is 269 g/mol. The standard InChI is InChI=1S/C15H15N3O2/c1-18-9-11(8-17-18)7-16-15(19)6-12-10-20-14-5-3-2-4-13(12)14/h2-5,8-10H,6-7H2,1H3,(H,16,19). The third-order valence-corrected chi connectivity index (χ3v) is 3.16. The minimum Gasteiger partial charge on any atom is -0.464 e. The van der Waals surface area contributed by atoms with E-state index in [2.05, 4.69) is 10.4 Å². The topological polar surface area (TPSA) is 60.1 Å². The lowest BCUT2D eigenvalue weighted by atomic mass is 10.1. The fraction of sp³-hybridized carbons (Fsp3) is 0.200. The number of furan rings is 1. The van der Waals surface area contributed by atoms with Crippen LogP contribution in [0.15, 0.2) is 47.3 Å². The number of para-hydroxylation sites is 1. The number of benzene rings is 1. The number of rotatable bonds is 4. The summed E-state index contributed by atoms with van der Waals surface area (Å²) in [6.45, 7) is 0.489. The van der Waals surface area contributed by atoms with E-state index in [9.17, 15) is 4.79 Å². The second-order valence-corrected chi connectivity index (χ2v) is 4.73. The van der Waals surface area contributed by atoms with Crippen molar-refractivity contribution >= 4 is 16.9 Å². The molecule has 3 rings (SSSR count). The third kappa shape index (κ3) is 2.56. The average Bonchev–Trinajstić information content (AvgIpc) is 3.04. The smallest absolute Gasteiger partial charge is 0.224 e. The first-order valence-electron chi connectivity index (χ1n) is 6.42. The Bertz CT molecular complexity index is 742. The van der Waals surface area contributed by atoms with Crippen LogP contribution in [0.1, 0.15) is 11.1 Å². The normalized spacial score (nSPS) is 10.8. The van der Waals surface area contributed by atoms with E-state index in [0.717, 1.165) is 22.1 Å². The Hall–Kier alpha value is -2.56. The molecule has 0 unspecified atom stereocenters. The largest absolute Gasteiger partial charge is 0.464 e. The zero-order valence-electron chi connectivity index (χ0n) is 11.2. The average molecular weight is 269 g/mol. The van der Waals surface area contributed by atoms with Crippen molar-refractivity contribution in [1.29, 1.82) is 0 Å². The molecular formula is C15H15N3O2. The van der Waals surface area contributed by atoms with Crippen LogP contribution in [0, 0.1) is 0 Å². The van der Waals surface area contributed by atoms with Crippen LogP contribution in [-0.2, 0) is 24.8 Å². The number of aryl methyl sites for hydroxylation is 1. The van der Waals surface area contributed by atoms with Crippen molar-refractivity contribution in [3.05, 3.63) is 54.0 Å². The van der Waals surface area contributed by atoms with Crippen LogP contribution in [0.3, 0.4) is 0 Å². The van der Waals surface area contributed by atoms with Crippen molar-refractivity contribution in [1.82, 2.24) is 15.1 Å². The molecule has 3 aromatic rings. The molecular weight excluding hydrogens is 254 g/mol. The predicted octanol–water partition coefficient (Wildman–Crippen LogP) is 2.03. The van der Waals surface area contributed by atoms with Crippen molar-refractivity contribution in [2.24, 2.45) is 7.05 Å². The van der Waals surface area contributed by atoms with Crippen LogP contribution in [-0.4, -0.2) is 15.7 Å². The molecule has 0 fully saturated rings. The van der Waals surface area contributed by atoms with E-state index in [1.54, 1.807) is 17.1 Å². The summed E-state index contributed by atoms with van der Waals surface area (Å²) < 4.78 is 7.14. The first-order valence-corrected chi connectivity index (χ1v) is 6.42. The molecule has 0 aliphatic carbocycles. The van der Waals surface area contributed by atoms with E-state index in [4.69, 9.17) is 4.42 Å². The van der Waals surface area contributed by atoms with Crippen LogP contribution < -0.4 is 5.32 Å². The molecule has 5 nitrogen and oxygen atoms in total. The number of hydrogen-bond acceptors (Lipinski definition) is 3. The molecule has 5 heteroatoms. The second kappa shape index (κ2) is 5.21. The Labute approximate surface area is 116 Å². The fourth-order valence-corrected chi connectivity index (χ4v) is 2.17. The molecule has 1 N–H and O–H groups in total. The molecule has 2 aromatic heterocycles. The molecule has 0 bridgehead atoms. The minimum atomic E-state index is -0.0274. The first-order chi connectivity index (χ1) is 9.72. The molecule has 102 valence electrons. The van der Waals surface area contributed by atoms with Crippen molar-refractivity contribution in [3.63, 3.8) is 0 Å². The Morgan fingerprint density at radius 2 is 2.25 bits per heavy atom. The van der Waals surface area contributed by atoms with Crippen LogP contribution in [0.5, 0.6) is 0 Å². The number of fused-ring (bicyclic) bond motifs is 1. The van der Waals surface area contributed by atoms with Gasteiger partial charge in [-0.3, -0.25) is 9.48 Å². The molecule has 2 heterocycles. The SMILES string of the molecule is Cn1cc(CNC(=O)Cc2coc3ccccc23)cn1. The molecule has 0 atom stereocenters. The zero-order valence-corrected chi connectivity index (χ0v) is 11.2. The van der Waals surface area contributed by atoms with Gasteiger partial charge in [0.1, 0.15) is 5.58 Å². The van der Waals surface area contributed by atoms with Gasteiger partial charge in [-0.15, -0.1) is 0 Å².